The van der Waals surface area contributed by atoms with Crippen LogP contribution in [0.15, 0.2) is 53.9 Å². The molecule has 4 aromatic rings. The van der Waals surface area contributed by atoms with Gasteiger partial charge in [-0.15, -0.1) is 11.3 Å². The largest absolute Gasteiger partial charge is 0.493 e. The smallest absolute Gasteiger partial charge is 0.230 e. The molecular weight excluding hydrogens is 490 g/mol. The van der Waals surface area contributed by atoms with E-state index in [1.807, 2.05) is 61.7 Å². The Morgan fingerprint density at radius 1 is 1.08 bits per heavy atom. The summed E-state index contributed by atoms with van der Waals surface area (Å²) in [6.45, 7) is 4.15. The van der Waals surface area contributed by atoms with Gasteiger partial charge in [-0.3, -0.25) is 9.59 Å². The lowest BCUT2D eigenvalue weighted by atomic mass is 10.1. The summed E-state index contributed by atoms with van der Waals surface area (Å²) in [5.41, 5.74) is 4.20. The van der Waals surface area contributed by atoms with Crippen LogP contribution in [0.5, 0.6) is 11.5 Å². The monoisotopic (exact) mass is 517 g/mol. The van der Waals surface area contributed by atoms with Crippen LogP contribution in [0.25, 0.3) is 16.4 Å². The summed E-state index contributed by atoms with van der Waals surface area (Å²) in [7, 11) is 3.18. The zero-order valence-corrected chi connectivity index (χ0v) is 21.8. The maximum Gasteiger partial charge on any atom is 0.230 e. The van der Waals surface area contributed by atoms with Crippen molar-refractivity contribution in [3.05, 3.63) is 65.2 Å². The van der Waals surface area contributed by atoms with Gasteiger partial charge in [-0.2, -0.15) is 9.78 Å². The summed E-state index contributed by atoms with van der Waals surface area (Å²) in [5.74, 6) is 1.02. The van der Waals surface area contributed by atoms with Crippen molar-refractivity contribution in [3.8, 4) is 27.9 Å². The van der Waals surface area contributed by atoms with Crippen LogP contribution in [-0.2, 0) is 9.59 Å². The van der Waals surface area contributed by atoms with Crippen molar-refractivity contribution in [1.29, 1.82) is 0 Å². The minimum absolute atomic E-state index is 0.0568. The number of hydrogen-bond donors (Lipinski definition) is 1. The fourth-order valence-electron chi connectivity index (χ4n) is 4.43. The summed E-state index contributed by atoms with van der Waals surface area (Å²) >= 11 is 1.41. The van der Waals surface area contributed by atoms with E-state index in [1.165, 1.54) is 11.3 Å². The molecule has 1 fully saturated rings. The molecule has 1 unspecified atom stereocenters. The Hall–Kier alpha value is -4.18. The summed E-state index contributed by atoms with van der Waals surface area (Å²) < 4.78 is 12.4. The van der Waals surface area contributed by atoms with Crippen LogP contribution in [0, 0.1) is 19.8 Å². The highest BCUT2D eigenvalue weighted by Crippen LogP contribution is 2.34. The average Bonchev–Trinajstić information content (AvgIpc) is 3.62. The molecule has 1 saturated heterocycles. The highest BCUT2D eigenvalue weighted by atomic mass is 32.1. The normalized spacial score (nSPS) is 15.2. The molecule has 3 heterocycles. The van der Waals surface area contributed by atoms with Crippen molar-refractivity contribution in [1.82, 2.24) is 14.8 Å². The second-order valence-corrected chi connectivity index (χ2v) is 9.69. The summed E-state index contributed by atoms with van der Waals surface area (Å²) in [6.07, 6.45) is 0.161. The van der Waals surface area contributed by atoms with Gasteiger partial charge in [0.05, 0.1) is 31.5 Å². The maximum atomic E-state index is 13.2. The Kier molecular flexibility index (Phi) is 6.66. The average molecular weight is 518 g/mol. The lowest BCUT2D eigenvalue weighted by molar-refractivity contribution is -0.122. The second kappa shape index (κ2) is 10.1. The van der Waals surface area contributed by atoms with Gasteiger partial charge in [-0.25, -0.2) is 4.98 Å². The number of rotatable bonds is 7. The maximum absolute atomic E-state index is 13.2. The van der Waals surface area contributed by atoms with E-state index < -0.39 is 5.92 Å². The molecule has 1 N–H and O–H groups in total. The highest BCUT2D eigenvalue weighted by molar-refractivity contribution is 7.12. The predicted octanol–water partition coefficient (Wildman–Crippen LogP) is 4.62. The van der Waals surface area contributed by atoms with Gasteiger partial charge >= 0.3 is 0 Å². The van der Waals surface area contributed by atoms with Gasteiger partial charge in [0.1, 0.15) is 5.82 Å². The van der Waals surface area contributed by atoms with E-state index in [9.17, 15) is 9.59 Å². The molecule has 5 rings (SSSR count). The van der Waals surface area contributed by atoms with Crippen LogP contribution < -0.4 is 19.7 Å². The molecule has 2 amide bonds. The fraction of sp³-hybridized carbons (Fsp3) is 0.259. The highest BCUT2D eigenvalue weighted by Gasteiger charge is 2.36. The first-order chi connectivity index (χ1) is 17.9. The minimum Gasteiger partial charge on any atom is -0.493 e. The number of ether oxygens (including phenoxy) is 2. The molecule has 1 atom stereocenters. The predicted molar refractivity (Wildman–Crippen MR) is 143 cm³/mol. The topological polar surface area (TPSA) is 98.6 Å². The van der Waals surface area contributed by atoms with Crippen molar-refractivity contribution in [2.45, 2.75) is 20.3 Å². The van der Waals surface area contributed by atoms with Gasteiger partial charge in [0.25, 0.3) is 0 Å². The number of benzene rings is 2. The number of thiazole rings is 1. The first-order valence-electron chi connectivity index (χ1n) is 11.8. The third-order valence-corrected chi connectivity index (χ3v) is 7.15. The third kappa shape index (κ3) is 4.79. The van der Waals surface area contributed by atoms with Crippen LogP contribution in [-0.4, -0.2) is 47.3 Å². The van der Waals surface area contributed by atoms with Crippen molar-refractivity contribution in [3.63, 3.8) is 0 Å². The lowest BCUT2D eigenvalue weighted by Gasteiger charge is -2.19. The number of methoxy groups -OCH3 is 2. The number of anilines is 2. The van der Waals surface area contributed by atoms with Gasteiger partial charge in [-0.1, -0.05) is 18.2 Å². The van der Waals surface area contributed by atoms with Crippen LogP contribution in [0.2, 0.25) is 0 Å². The Labute approximate surface area is 218 Å². The Balaban J connectivity index is 1.35. The van der Waals surface area contributed by atoms with Crippen molar-refractivity contribution >= 4 is 34.7 Å². The van der Waals surface area contributed by atoms with E-state index in [-0.39, 0.29) is 18.2 Å². The summed E-state index contributed by atoms with van der Waals surface area (Å²) in [5, 5.41) is 10.1. The van der Waals surface area contributed by atoms with E-state index in [1.54, 1.807) is 29.9 Å². The molecular formula is C27H27N5O4S. The third-order valence-electron chi connectivity index (χ3n) is 6.34. The number of hydrogen-bond acceptors (Lipinski definition) is 7. The van der Waals surface area contributed by atoms with Gasteiger partial charge in [0.2, 0.25) is 16.9 Å². The quantitative estimate of drug-likeness (QED) is 0.384. The van der Waals surface area contributed by atoms with E-state index in [4.69, 9.17) is 14.5 Å². The molecule has 0 radical (unpaired) electrons. The number of para-hydroxylation sites is 1. The van der Waals surface area contributed by atoms with E-state index in [2.05, 4.69) is 10.4 Å². The molecule has 10 heteroatoms. The zero-order valence-electron chi connectivity index (χ0n) is 21.0. The first kappa shape index (κ1) is 24.5. The van der Waals surface area contributed by atoms with Gasteiger partial charge < -0.3 is 19.7 Å². The number of carbonyl (C=O) groups excluding carboxylic acids is 2. The lowest BCUT2D eigenvalue weighted by Crippen LogP contribution is -2.29. The Morgan fingerprint density at radius 3 is 2.62 bits per heavy atom. The van der Waals surface area contributed by atoms with Crippen LogP contribution in [0.4, 0.5) is 11.5 Å². The number of carbonyl (C=O) groups is 2. The molecule has 1 aliphatic heterocycles. The number of nitrogens with zero attached hydrogens (tertiary/aromatic N) is 4. The van der Waals surface area contributed by atoms with Crippen molar-refractivity contribution in [2.24, 2.45) is 5.92 Å². The van der Waals surface area contributed by atoms with E-state index in [0.717, 1.165) is 28.2 Å². The molecule has 37 heavy (non-hydrogen) atoms. The molecule has 0 spiro atoms. The van der Waals surface area contributed by atoms with Crippen LogP contribution in [0.3, 0.4) is 0 Å². The van der Waals surface area contributed by atoms with Gasteiger partial charge in [0, 0.05) is 35.7 Å². The first-order valence-corrected chi connectivity index (χ1v) is 12.7. The molecule has 1 aliphatic rings. The molecule has 0 saturated carbocycles. The standard InChI is InChI=1S/C27H27N5O4S/c1-16-7-5-6-8-21(16)31-14-19(13-25(31)33)26(34)29-24-11-17(2)30-32(24)27-28-20(15-37-27)18-9-10-22(35-3)23(12-18)36-4/h5-12,15,19H,13-14H2,1-4H3,(H,29,34). The van der Waals surface area contributed by atoms with Gasteiger partial charge in [0.15, 0.2) is 11.5 Å². The van der Waals surface area contributed by atoms with Crippen LogP contribution in [0.1, 0.15) is 17.7 Å². The minimum atomic E-state index is -0.464. The Morgan fingerprint density at radius 2 is 1.86 bits per heavy atom. The Bertz CT molecular complexity index is 1480. The molecule has 9 nitrogen and oxygen atoms in total. The van der Waals surface area contributed by atoms with Crippen molar-refractivity contribution < 1.29 is 19.1 Å². The number of nitrogens with one attached hydrogen (secondary N) is 1. The zero-order chi connectivity index (χ0) is 26.1. The molecule has 2 aromatic heterocycles. The molecule has 2 aromatic carbocycles. The SMILES string of the molecule is COc1ccc(-c2csc(-n3nc(C)cc3NC(=O)C3CC(=O)N(c4ccccc4C)C3)n2)cc1OC. The van der Waals surface area contributed by atoms with E-state index >= 15 is 0 Å². The fourth-order valence-corrected chi connectivity index (χ4v) is 5.23. The molecule has 0 bridgehead atoms. The van der Waals surface area contributed by atoms with E-state index in [0.29, 0.717) is 29.0 Å². The molecule has 190 valence electrons. The number of amides is 2. The summed E-state index contributed by atoms with van der Waals surface area (Å²) in [4.78, 5) is 32.3. The molecule has 0 aliphatic carbocycles. The summed E-state index contributed by atoms with van der Waals surface area (Å²) in [6, 6.07) is 15.1. The number of aryl methyl sites for hydroxylation is 2. The second-order valence-electron chi connectivity index (χ2n) is 8.85. The van der Waals surface area contributed by atoms with Gasteiger partial charge in [-0.05, 0) is 43.7 Å². The number of aromatic nitrogens is 3. The van der Waals surface area contributed by atoms with Crippen molar-refractivity contribution in [2.75, 3.05) is 31.0 Å². The van der Waals surface area contributed by atoms with Crippen LogP contribution >= 0.6 is 11.3 Å².